The summed E-state index contributed by atoms with van der Waals surface area (Å²) in [5.41, 5.74) is 2.60. The molecule has 2 aromatic carbocycles. The fourth-order valence-corrected chi connectivity index (χ4v) is 2.66. The number of anilines is 1. The van der Waals surface area contributed by atoms with Gasteiger partial charge in [-0.25, -0.2) is 0 Å². The lowest BCUT2D eigenvalue weighted by Gasteiger charge is -2.13. The fourth-order valence-electron chi connectivity index (χ4n) is 2.66. The van der Waals surface area contributed by atoms with E-state index in [1.54, 1.807) is 23.3 Å². The second-order valence-corrected chi connectivity index (χ2v) is 5.45. The molecule has 1 aliphatic rings. The summed E-state index contributed by atoms with van der Waals surface area (Å²) in [6, 6.07) is 14.8. The maximum absolute atomic E-state index is 12.6. The Bertz CT molecular complexity index is 938. The van der Waals surface area contributed by atoms with E-state index in [0.29, 0.717) is 18.0 Å². The standard InChI is InChI=1S/C21H17N3O2/c1-3-13-24-18-11-7-6-10-17(18)20(21(24)25)23-22-15-16-9-5-8-12-19(16)26-14-4-2/h2-3,5-12,15H,1,13-14H2/b22-15-,23-20+. The van der Waals surface area contributed by atoms with Gasteiger partial charge in [-0.2, -0.15) is 5.10 Å². The number of terminal acetylenes is 1. The first-order valence-corrected chi connectivity index (χ1v) is 8.04. The molecule has 0 fully saturated rings. The summed E-state index contributed by atoms with van der Waals surface area (Å²) in [6.45, 7) is 4.29. The fraction of sp³-hybridized carbons (Fsp3) is 0.0952. The Morgan fingerprint density at radius 1 is 1.19 bits per heavy atom. The maximum atomic E-state index is 12.6. The van der Waals surface area contributed by atoms with Crippen LogP contribution in [-0.4, -0.2) is 31.0 Å². The zero-order chi connectivity index (χ0) is 18.4. The second kappa shape index (κ2) is 7.95. The van der Waals surface area contributed by atoms with Crippen molar-refractivity contribution in [3.05, 3.63) is 72.3 Å². The van der Waals surface area contributed by atoms with E-state index in [4.69, 9.17) is 11.2 Å². The Labute approximate surface area is 152 Å². The quantitative estimate of drug-likeness (QED) is 0.350. The summed E-state index contributed by atoms with van der Waals surface area (Å²) in [7, 11) is 0. The number of nitrogens with zero attached hydrogens (tertiary/aromatic N) is 3. The number of para-hydroxylation sites is 2. The summed E-state index contributed by atoms with van der Waals surface area (Å²) in [5, 5.41) is 8.25. The zero-order valence-corrected chi connectivity index (χ0v) is 14.1. The van der Waals surface area contributed by atoms with E-state index in [0.717, 1.165) is 16.8 Å². The molecule has 128 valence electrons. The van der Waals surface area contributed by atoms with Crippen LogP contribution in [0.5, 0.6) is 5.75 Å². The average molecular weight is 343 g/mol. The van der Waals surface area contributed by atoms with Gasteiger partial charge in [-0.05, 0) is 18.2 Å². The van der Waals surface area contributed by atoms with Gasteiger partial charge < -0.3 is 9.64 Å². The van der Waals surface area contributed by atoms with E-state index < -0.39 is 0 Å². The van der Waals surface area contributed by atoms with Crippen LogP contribution in [0.4, 0.5) is 5.69 Å². The van der Waals surface area contributed by atoms with Gasteiger partial charge in [0.15, 0.2) is 5.71 Å². The van der Waals surface area contributed by atoms with Gasteiger partial charge in [0.2, 0.25) is 0 Å². The van der Waals surface area contributed by atoms with E-state index in [9.17, 15) is 4.79 Å². The SMILES string of the molecule is C#CCOc1ccccc1/C=N\N=C1\C(=O)N(CC=C)c2ccccc21. The van der Waals surface area contributed by atoms with Crippen molar-refractivity contribution in [2.75, 3.05) is 18.1 Å². The summed E-state index contributed by atoms with van der Waals surface area (Å²) in [5.74, 6) is 2.84. The molecule has 0 aliphatic carbocycles. The predicted molar refractivity (Wildman–Crippen MR) is 104 cm³/mol. The molecule has 0 saturated heterocycles. The second-order valence-electron chi connectivity index (χ2n) is 5.45. The van der Waals surface area contributed by atoms with Crippen LogP contribution in [-0.2, 0) is 4.79 Å². The number of hydrogen-bond acceptors (Lipinski definition) is 4. The number of ether oxygens (including phenoxy) is 1. The van der Waals surface area contributed by atoms with Crippen molar-refractivity contribution in [1.29, 1.82) is 0 Å². The third-order valence-electron chi connectivity index (χ3n) is 3.79. The Morgan fingerprint density at radius 3 is 2.77 bits per heavy atom. The highest BCUT2D eigenvalue weighted by molar-refractivity contribution is 6.54. The molecule has 26 heavy (non-hydrogen) atoms. The highest BCUT2D eigenvalue weighted by Crippen LogP contribution is 2.29. The van der Waals surface area contributed by atoms with Crippen molar-refractivity contribution in [2.24, 2.45) is 10.2 Å². The van der Waals surface area contributed by atoms with Gasteiger partial charge in [0.1, 0.15) is 12.4 Å². The molecule has 5 nitrogen and oxygen atoms in total. The van der Waals surface area contributed by atoms with Gasteiger partial charge in [0.25, 0.3) is 5.91 Å². The molecule has 2 aromatic rings. The molecule has 3 rings (SSSR count). The van der Waals surface area contributed by atoms with Gasteiger partial charge in [-0.1, -0.05) is 42.3 Å². The Balaban J connectivity index is 1.90. The normalized spacial score (nSPS) is 14.5. The molecule has 0 saturated carbocycles. The number of benzene rings is 2. The molecule has 0 spiro atoms. The van der Waals surface area contributed by atoms with Crippen molar-refractivity contribution in [2.45, 2.75) is 0 Å². The van der Waals surface area contributed by atoms with Gasteiger partial charge in [-0.3, -0.25) is 4.79 Å². The van der Waals surface area contributed by atoms with Crippen LogP contribution in [0.3, 0.4) is 0 Å². The molecule has 0 N–H and O–H groups in total. The lowest BCUT2D eigenvalue weighted by atomic mass is 10.1. The van der Waals surface area contributed by atoms with Gasteiger partial charge >= 0.3 is 0 Å². The molecule has 0 radical (unpaired) electrons. The Morgan fingerprint density at radius 2 is 1.96 bits per heavy atom. The average Bonchev–Trinajstić information content (AvgIpc) is 2.93. The first kappa shape index (κ1) is 17.2. The monoisotopic (exact) mass is 343 g/mol. The van der Waals surface area contributed by atoms with Crippen LogP contribution in [0.2, 0.25) is 0 Å². The van der Waals surface area contributed by atoms with E-state index in [1.165, 1.54) is 0 Å². The topological polar surface area (TPSA) is 54.3 Å². The van der Waals surface area contributed by atoms with Gasteiger partial charge in [0, 0.05) is 17.7 Å². The van der Waals surface area contributed by atoms with E-state index in [1.807, 2.05) is 42.5 Å². The van der Waals surface area contributed by atoms with Crippen LogP contribution >= 0.6 is 0 Å². The van der Waals surface area contributed by atoms with E-state index >= 15 is 0 Å². The predicted octanol–water partition coefficient (Wildman–Crippen LogP) is 3.05. The number of carbonyl (C=O) groups is 1. The highest BCUT2D eigenvalue weighted by atomic mass is 16.5. The Kier molecular flexibility index (Phi) is 5.25. The molecular weight excluding hydrogens is 326 g/mol. The van der Waals surface area contributed by atoms with Gasteiger partial charge in [-0.15, -0.1) is 18.1 Å². The minimum absolute atomic E-state index is 0.168. The molecule has 0 bridgehead atoms. The van der Waals surface area contributed by atoms with Crippen molar-refractivity contribution < 1.29 is 9.53 Å². The van der Waals surface area contributed by atoms with Crippen LogP contribution in [0.1, 0.15) is 11.1 Å². The minimum Gasteiger partial charge on any atom is -0.480 e. The van der Waals surface area contributed by atoms with Gasteiger partial charge in [0.05, 0.1) is 11.9 Å². The maximum Gasteiger partial charge on any atom is 0.279 e. The van der Waals surface area contributed by atoms with Crippen molar-refractivity contribution in [3.63, 3.8) is 0 Å². The summed E-state index contributed by atoms with van der Waals surface area (Å²) in [6.07, 6.45) is 8.45. The van der Waals surface area contributed by atoms with Crippen LogP contribution < -0.4 is 9.64 Å². The first-order chi connectivity index (χ1) is 12.8. The molecule has 5 heteroatoms. The lowest BCUT2D eigenvalue weighted by molar-refractivity contribution is -0.112. The lowest BCUT2D eigenvalue weighted by Crippen LogP contribution is -2.30. The molecule has 0 unspecified atom stereocenters. The molecule has 1 aliphatic heterocycles. The third-order valence-corrected chi connectivity index (χ3v) is 3.79. The van der Waals surface area contributed by atoms with E-state index in [-0.39, 0.29) is 12.5 Å². The third kappa shape index (κ3) is 3.40. The number of carbonyl (C=O) groups excluding carboxylic acids is 1. The summed E-state index contributed by atoms with van der Waals surface area (Å²) >= 11 is 0. The number of amides is 1. The van der Waals surface area contributed by atoms with Crippen LogP contribution in [0, 0.1) is 12.3 Å². The largest absolute Gasteiger partial charge is 0.480 e. The molecule has 0 atom stereocenters. The first-order valence-electron chi connectivity index (χ1n) is 8.04. The molecule has 1 heterocycles. The van der Waals surface area contributed by atoms with Crippen molar-refractivity contribution in [1.82, 2.24) is 0 Å². The van der Waals surface area contributed by atoms with Crippen molar-refractivity contribution >= 4 is 23.5 Å². The van der Waals surface area contributed by atoms with Crippen molar-refractivity contribution in [3.8, 4) is 18.1 Å². The minimum atomic E-state index is -0.194. The summed E-state index contributed by atoms with van der Waals surface area (Å²) < 4.78 is 5.47. The number of rotatable bonds is 6. The number of fused-ring (bicyclic) bond motifs is 1. The Hall–Kier alpha value is -3.65. The smallest absolute Gasteiger partial charge is 0.279 e. The number of hydrogen-bond donors (Lipinski definition) is 0. The van der Waals surface area contributed by atoms with Crippen LogP contribution in [0.25, 0.3) is 0 Å². The molecule has 1 amide bonds. The van der Waals surface area contributed by atoms with E-state index in [2.05, 4.69) is 22.7 Å². The summed E-state index contributed by atoms with van der Waals surface area (Å²) in [4.78, 5) is 14.3. The highest BCUT2D eigenvalue weighted by Gasteiger charge is 2.32. The van der Waals surface area contributed by atoms with Crippen LogP contribution in [0.15, 0.2) is 71.4 Å². The molecule has 0 aromatic heterocycles. The molecular formula is C21H17N3O2. The zero-order valence-electron chi connectivity index (χ0n) is 14.1.